The Hall–Kier alpha value is -2.79. The molecule has 0 fully saturated rings. The molecule has 1 unspecified atom stereocenters. The van der Waals surface area contributed by atoms with Gasteiger partial charge in [0.2, 0.25) is 10.0 Å². The Labute approximate surface area is 182 Å². The SMILES string of the molecule is CC(CO)COc1c(-c2ccc(S(N)(=O)=O)cc2)cnn(-c2ccc(F)c(Cl)c2)c1=O. The van der Waals surface area contributed by atoms with Gasteiger partial charge in [0.25, 0.3) is 0 Å². The molecule has 3 rings (SSSR count). The summed E-state index contributed by atoms with van der Waals surface area (Å²) in [5.41, 5.74) is 0.363. The van der Waals surface area contributed by atoms with Gasteiger partial charge in [-0.15, -0.1) is 0 Å². The quantitative estimate of drug-likeness (QED) is 0.549. The maximum absolute atomic E-state index is 13.5. The van der Waals surface area contributed by atoms with Crippen molar-refractivity contribution in [2.75, 3.05) is 13.2 Å². The summed E-state index contributed by atoms with van der Waals surface area (Å²) in [5.74, 6) is -0.962. The molecule has 1 aromatic heterocycles. The second-order valence-electron chi connectivity index (χ2n) is 6.87. The van der Waals surface area contributed by atoms with Crippen LogP contribution in [0.5, 0.6) is 5.75 Å². The van der Waals surface area contributed by atoms with Gasteiger partial charge in [0.15, 0.2) is 5.75 Å². The van der Waals surface area contributed by atoms with Crippen LogP contribution in [0.3, 0.4) is 0 Å². The van der Waals surface area contributed by atoms with Crippen molar-refractivity contribution >= 4 is 21.6 Å². The predicted molar refractivity (Wildman–Crippen MR) is 113 cm³/mol. The maximum Gasteiger partial charge on any atom is 0.314 e. The zero-order chi connectivity index (χ0) is 22.8. The van der Waals surface area contributed by atoms with Gasteiger partial charge in [-0.25, -0.2) is 17.9 Å². The molecule has 0 spiro atoms. The number of hydrogen-bond donors (Lipinski definition) is 2. The summed E-state index contributed by atoms with van der Waals surface area (Å²) in [5, 5.41) is 18.3. The molecule has 31 heavy (non-hydrogen) atoms. The number of rotatable bonds is 7. The Kier molecular flexibility index (Phi) is 6.75. The lowest BCUT2D eigenvalue weighted by atomic mass is 10.1. The van der Waals surface area contributed by atoms with Crippen LogP contribution in [0.25, 0.3) is 16.8 Å². The maximum atomic E-state index is 13.5. The summed E-state index contributed by atoms with van der Waals surface area (Å²) >= 11 is 5.82. The first-order valence-electron chi connectivity index (χ1n) is 9.06. The van der Waals surface area contributed by atoms with Crippen LogP contribution in [0.1, 0.15) is 6.92 Å². The first kappa shape index (κ1) is 22.9. The molecule has 11 heteroatoms. The number of halogens is 2. The third-order valence-electron chi connectivity index (χ3n) is 4.40. The van der Waals surface area contributed by atoms with Crippen LogP contribution in [0, 0.1) is 11.7 Å². The van der Waals surface area contributed by atoms with E-state index in [0.29, 0.717) is 11.1 Å². The van der Waals surface area contributed by atoms with Gasteiger partial charge in [-0.05, 0) is 35.9 Å². The van der Waals surface area contributed by atoms with Crippen LogP contribution in [0.2, 0.25) is 5.02 Å². The van der Waals surface area contributed by atoms with E-state index in [1.165, 1.54) is 42.6 Å². The lowest BCUT2D eigenvalue weighted by Crippen LogP contribution is -2.25. The molecule has 164 valence electrons. The monoisotopic (exact) mass is 467 g/mol. The Bertz CT molecular complexity index is 1260. The number of aliphatic hydroxyl groups excluding tert-OH is 1. The molecule has 3 N–H and O–H groups in total. The second kappa shape index (κ2) is 9.15. The molecule has 0 aliphatic heterocycles. The van der Waals surface area contributed by atoms with Crippen molar-refractivity contribution in [2.24, 2.45) is 11.1 Å². The van der Waals surface area contributed by atoms with E-state index in [0.717, 1.165) is 10.7 Å². The van der Waals surface area contributed by atoms with Gasteiger partial charge in [0.1, 0.15) is 5.82 Å². The van der Waals surface area contributed by atoms with Crippen LogP contribution < -0.4 is 15.4 Å². The molecule has 0 aliphatic carbocycles. The number of nitrogens with two attached hydrogens (primary N) is 1. The lowest BCUT2D eigenvalue weighted by molar-refractivity contribution is 0.173. The van der Waals surface area contributed by atoms with E-state index in [1.54, 1.807) is 6.92 Å². The molecule has 2 aromatic carbocycles. The van der Waals surface area contributed by atoms with Crippen molar-refractivity contribution < 1.29 is 22.7 Å². The molecule has 3 aromatic rings. The van der Waals surface area contributed by atoms with E-state index >= 15 is 0 Å². The van der Waals surface area contributed by atoms with Crippen molar-refractivity contribution in [1.82, 2.24) is 9.78 Å². The second-order valence-corrected chi connectivity index (χ2v) is 8.84. The zero-order valence-electron chi connectivity index (χ0n) is 16.3. The van der Waals surface area contributed by atoms with E-state index < -0.39 is 21.4 Å². The topological polar surface area (TPSA) is 125 Å². The number of aromatic nitrogens is 2. The highest BCUT2D eigenvalue weighted by atomic mass is 35.5. The lowest BCUT2D eigenvalue weighted by Gasteiger charge is -2.15. The van der Waals surface area contributed by atoms with Crippen molar-refractivity contribution in [1.29, 1.82) is 0 Å². The normalized spacial score (nSPS) is 12.5. The molecule has 0 bridgehead atoms. The van der Waals surface area contributed by atoms with E-state index in [9.17, 15) is 22.7 Å². The van der Waals surface area contributed by atoms with Gasteiger partial charge < -0.3 is 9.84 Å². The summed E-state index contributed by atoms with van der Waals surface area (Å²) in [6.45, 7) is 1.63. The number of nitrogens with zero attached hydrogens (tertiary/aromatic N) is 2. The highest BCUT2D eigenvalue weighted by Gasteiger charge is 2.18. The predicted octanol–water partition coefficient (Wildman–Crippen LogP) is 2.35. The molecule has 8 nitrogen and oxygen atoms in total. The van der Waals surface area contributed by atoms with Crippen LogP contribution >= 0.6 is 11.6 Å². The van der Waals surface area contributed by atoms with Gasteiger partial charge in [-0.3, -0.25) is 4.79 Å². The largest absolute Gasteiger partial charge is 0.487 e. The minimum absolute atomic E-state index is 0.0438. The first-order chi connectivity index (χ1) is 14.6. The molecule has 0 amide bonds. The fraction of sp³-hybridized carbons (Fsp3) is 0.200. The van der Waals surface area contributed by atoms with E-state index in [2.05, 4.69) is 5.10 Å². The molecule has 0 saturated heterocycles. The number of primary sulfonamides is 1. The molecular weight excluding hydrogens is 449 g/mol. The van der Waals surface area contributed by atoms with E-state index in [1.807, 2.05) is 0 Å². The van der Waals surface area contributed by atoms with Gasteiger partial charge in [0.05, 0.1) is 28.4 Å². The molecule has 0 aliphatic rings. The van der Waals surface area contributed by atoms with Crippen molar-refractivity contribution in [3.05, 3.63) is 69.9 Å². The summed E-state index contributed by atoms with van der Waals surface area (Å²) in [6.07, 6.45) is 1.36. The summed E-state index contributed by atoms with van der Waals surface area (Å²) < 4.78 is 43.2. The summed E-state index contributed by atoms with van der Waals surface area (Å²) in [4.78, 5) is 13.1. The Morgan fingerprint density at radius 2 is 1.94 bits per heavy atom. The van der Waals surface area contributed by atoms with Gasteiger partial charge >= 0.3 is 5.56 Å². The average molecular weight is 468 g/mol. The van der Waals surface area contributed by atoms with Crippen LogP contribution in [-0.2, 0) is 10.0 Å². The molecule has 1 heterocycles. The van der Waals surface area contributed by atoms with Crippen LogP contribution in [0.4, 0.5) is 4.39 Å². The van der Waals surface area contributed by atoms with E-state index in [-0.39, 0.29) is 40.5 Å². The number of benzene rings is 2. The molecule has 0 saturated carbocycles. The molecule has 0 radical (unpaired) electrons. The zero-order valence-corrected chi connectivity index (χ0v) is 17.9. The van der Waals surface area contributed by atoms with Crippen molar-refractivity contribution in [2.45, 2.75) is 11.8 Å². The average Bonchev–Trinajstić information content (AvgIpc) is 2.74. The molecular formula is C20H19ClFN3O5S. The standard InChI is InChI=1S/C20H19ClFN3O5S/c1-12(10-26)11-30-19-16(13-2-5-15(6-3-13)31(23,28)29)9-24-25(20(19)27)14-4-7-18(22)17(21)8-14/h2-9,12,26H,10-11H2,1H3,(H2,23,28,29). The Balaban J connectivity index is 2.13. The van der Waals surface area contributed by atoms with Crippen molar-refractivity contribution in [3.8, 4) is 22.6 Å². The van der Waals surface area contributed by atoms with Gasteiger partial charge in [-0.1, -0.05) is 30.7 Å². The van der Waals surface area contributed by atoms with Gasteiger partial charge in [-0.2, -0.15) is 9.78 Å². The third kappa shape index (κ3) is 5.10. The minimum Gasteiger partial charge on any atom is -0.487 e. The number of sulfonamides is 1. The third-order valence-corrected chi connectivity index (χ3v) is 5.62. The Morgan fingerprint density at radius 1 is 1.26 bits per heavy atom. The highest BCUT2D eigenvalue weighted by molar-refractivity contribution is 7.89. The fourth-order valence-electron chi connectivity index (χ4n) is 2.69. The molecule has 1 atom stereocenters. The number of aliphatic hydroxyl groups is 1. The van der Waals surface area contributed by atoms with E-state index in [4.69, 9.17) is 21.5 Å². The summed E-state index contributed by atoms with van der Waals surface area (Å²) in [7, 11) is -3.88. The van der Waals surface area contributed by atoms with Crippen LogP contribution in [-0.4, -0.2) is 36.5 Å². The summed E-state index contributed by atoms with van der Waals surface area (Å²) in [6, 6.07) is 9.25. The van der Waals surface area contributed by atoms with Crippen LogP contribution in [0.15, 0.2) is 58.4 Å². The first-order valence-corrected chi connectivity index (χ1v) is 11.0. The van der Waals surface area contributed by atoms with Crippen molar-refractivity contribution in [3.63, 3.8) is 0 Å². The highest BCUT2D eigenvalue weighted by Crippen LogP contribution is 2.28. The Morgan fingerprint density at radius 3 is 2.52 bits per heavy atom. The van der Waals surface area contributed by atoms with Gasteiger partial charge in [0, 0.05) is 18.1 Å². The smallest absolute Gasteiger partial charge is 0.314 e. The minimum atomic E-state index is -3.88. The number of hydrogen-bond acceptors (Lipinski definition) is 6. The number of ether oxygens (including phenoxy) is 1. The fourth-order valence-corrected chi connectivity index (χ4v) is 3.38.